The van der Waals surface area contributed by atoms with Crippen LogP contribution in [-0.2, 0) is 25.8 Å². The van der Waals surface area contributed by atoms with E-state index >= 15 is 0 Å². The van der Waals surface area contributed by atoms with Gasteiger partial charge in [0.1, 0.15) is 5.82 Å². The largest absolute Gasteiger partial charge is 0.373 e. The highest BCUT2D eigenvalue weighted by Crippen LogP contribution is 2.25. The van der Waals surface area contributed by atoms with E-state index in [2.05, 4.69) is 0 Å². The molecule has 24 heavy (non-hydrogen) atoms. The van der Waals surface area contributed by atoms with Crippen molar-refractivity contribution in [3.8, 4) is 0 Å². The van der Waals surface area contributed by atoms with Crippen molar-refractivity contribution in [2.45, 2.75) is 37.8 Å². The highest BCUT2D eigenvalue weighted by atomic mass is 32.2. The summed E-state index contributed by atoms with van der Waals surface area (Å²) in [5.74, 6) is -0.211. The van der Waals surface area contributed by atoms with Crippen molar-refractivity contribution in [1.29, 1.82) is 0 Å². The zero-order valence-corrected chi connectivity index (χ0v) is 14.3. The predicted molar refractivity (Wildman–Crippen MR) is 87.8 cm³/mol. The van der Waals surface area contributed by atoms with E-state index in [1.807, 2.05) is 0 Å². The number of benzene rings is 1. The molecule has 0 radical (unpaired) electrons. The van der Waals surface area contributed by atoms with E-state index in [1.54, 1.807) is 17.0 Å². The minimum atomic E-state index is -3.11. The average molecular weight is 355 g/mol. The number of morpholine rings is 1. The number of aryl methyl sites for hydroxylation is 1. The predicted octanol–water partition coefficient (Wildman–Crippen LogP) is 1.56. The number of unbranched alkanes of at least 4 members (excludes halogenated alkanes) is 1. The van der Waals surface area contributed by atoms with Gasteiger partial charge in [0.05, 0.1) is 30.3 Å². The van der Waals surface area contributed by atoms with Crippen molar-refractivity contribution in [3.05, 3.63) is 35.6 Å². The molecule has 1 aromatic carbocycles. The van der Waals surface area contributed by atoms with Crippen LogP contribution >= 0.6 is 0 Å². The molecule has 2 atom stereocenters. The maximum Gasteiger partial charge on any atom is 0.223 e. The van der Waals surface area contributed by atoms with Gasteiger partial charge in [-0.1, -0.05) is 12.1 Å². The van der Waals surface area contributed by atoms with E-state index < -0.39 is 9.84 Å². The lowest BCUT2D eigenvalue weighted by molar-refractivity contribution is -0.142. The minimum Gasteiger partial charge on any atom is -0.373 e. The molecule has 0 aromatic heterocycles. The standard InChI is InChI=1S/C17H22FNO4S/c18-14-7-5-13(6-8-14)3-1-2-4-17(20)19-9-10-23-16-12-24(21,22)11-15(16)19/h5-8,15-16H,1-4,9-12H2. The Balaban J connectivity index is 1.47. The van der Waals surface area contributed by atoms with Gasteiger partial charge in [0.15, 0.2) is 9.84 Å². The first-order chi connectivity index (χ1) is 11.4. The third-order valence-corrected chi connectivity index (χ3v) is 6.36. The van der Waals surface area contributed by atoms with Crippen LogP contribution in [0.2, 0.25) is 0 Å². The quantitative estimate of drug-likeness (QED) is 0.752. The van der Waals surface area contributed by atoms with Crippen LogP contribution in [0.3, 0.4) is 0 Å². The van der Waals surface area contributed by atoms with Crippen molar-refractivity contribution < 1.29 is 22.3 Å². The summed E-state index contributed by atoms with van der Waals surface area (Å²) < 4.78 is 41.9. The molecule has 2 aliphatic heterocycles. The van der Waals surface area contributed by atoms with Crippen LogP contribution in [0.5, 0.6) is 0 Å². The molecular formula is C17H22FNO4S. The molecule has 132 valence electrons. The molecule has 2 aliphatic rings. The number of amides is 1. The zero-order valence-electron chi connectivity index (χ0n) is 13.5. The van der Waals surface area contributed by atoms with Crippen molar-refractivity contribution in [3.63, 3.8) is 0 Å². The van der Waals surface area contributed by atoms with E-state index in [0.29, 0.717) is 19.6 Å². The first-order valence-corrected chi connectivity index (χ1v) is 10.1. The fraction of sp³-hybridized carbons (Fsp3) is 0.588. The van der Waals surface area contributed by atoms with Gasteiger partial charge in [-0.3, -0.25) is 4.79 Å². The second-order valence-electron chi connectivity index (χ2n) is 6.47. The number of halogens is 1. The molecule has 0 N–H and O–H groups in total. The van der Waals surface area contributed by atoms with Crippen molar-refractivity contribution in [2.24, 2.45) is 0 Å². The lowest BCUT2D eigenvalue weighted by atomic mass is 10.1. The fourth-order valence-corrected chi connectivity index (χ4v) is 5.29. The zero-order chi connectivity index (χ0) is 17.2. The molecule has 0 spiro atoms. The third kappa shape index (κ3) is 4.13. The Hall–Kier alpha value is -1.47. The van der Waals surface area contributed by atoms with Crippen molar-refractivity contribution >= 4 is 15.7 Å². The average Bonchev–Trinajstić information content (AvgIpc) is 2.86. The number of fused-ring (bicyclic) bond motifs is 1. The van der Waals surface area contributed by atoms with Gasteiger partial charge in [0, 0.05) is 13.0 Å². The van der Waals surface area contributed by atoms with Crippen molar-refractivity contribution in [1.82, 2.24) is 4.90 Å². The Morgan fingerprint density at radius 3 is 2.71 bits per heavy atom. The molecule has 1 amide bonds. The molecule has 2 saturated heterocycles. The molecule has 2 heterocycles. The molecule has 2 unspecified atom stereocenters. The van der Waals surface area contributed by atoms with Crippen LogP contribution in [0.4, 0.5) is 4.39 Å². The van der Waals surface area contributed by atoms with Crippen LogP contribution in [0.25, 0.3) is 0 Å². The lowest BCUT2D eigenvalue weighted by Crippen LogP contribution is -2.53. The number of ether oxygens (including phenoxy) is 1. The summed E-state index contributed by atoms with van der Waals surface area (Å²) in [6.07, 6.45) is 2.42. The summed E-state index contributed by atoms with van der Waals surface area (Å²) in [5, 5.41) is 0. The summed E-state index contributed by atoms with van der Waals surface area (Å²) in [6.45, 7) is 0.867. The van der Waals surface area contributed by atoms with Crippen LogP contribution in [0, 0.1) is 5.82 Å². The Morgan fingerprint density at radius 2 is 1.96 bits per heavy atom. The highest BCUT2D eigenvalue weighted by molar-refractivity contribution is 7.91. The van der Waals surface area contributed by atoms with E-state index in [1.165, 1.54) is 12.1 Å². The van der Waals surface area contributed by atoms with Gasteiger partial charge in [0.2, 0.25) is 5.91 Å². The van der Waals surface area contributed by atoms with Crippen LogP contribution < -0.4 is 0 Å². The molecule has 1 aromatic rings. The maximum atomic E-state index is 12.8. The molecule has 5 nitrogen and oxygen atoms in total. The minimum absolute atomic E-state index is 0.00417. The summed E-state index contributed by atoms with van der Waals surface area (Å²) in [6, 6.07) is 6.07. The van der Waals surface area contributed by atoms with E-state index in [-0.39, 0.29) is 35.4 Å². The first kappa shape index (κ1) is 17.4. The van der Waals surface area contributed by atoms with Gasteiger partial charge in [-0.15, -0.1) is 0 Å². The van der Waals surface area contributed by atoms with E-state index in [0.717, 1.165) is 24.8 Å². The Morgan fingerprint density at radius 1 is 1.21 bits per heavy atom. The SMILES string of the molecule is O=C(CCCCc1ccc(F)cc1)N1CCOC2CS(=O)(=O)CC21. The van der Waals surface area contributed by atoms with Crippen LogP contribution in [0.1, 0.15) is 24.8 Å². The summed E-state index contributed by atoms with van der Waals surface area (Å²) in [4.78, 5) is 14.1. The normalized spacial score (nSPS) is 25.5. The maximum absolute atomic E-state index is 12.8. The number of carbonyl (C=O) groups excluding carboxylic acids is 1. The summed E-state index contributed by atoms with van der Waals surface area (Å²) in [5.41, 5.74) is 1.05. The van der Waals surface area contributed by atoms with Gasteiger partial charge in [-0.2, -0.15) is 0 Å². The molecule has 0 bridgehead atoms. The number of hydrogen-bond donors (Lipinski definition) is 0. The third-order valence-electron chi connectivity index (χ3n) is 4.68. The first-order valence-electron chi connectivity index (χ1n) is 8.30. The second-order valence-corrected chi connectivity index (χ2v) is 8.63. The van der Waals surface area contributed by atoms with Crippen LogP contribution in [-0.4, -0.2) is 56.0 Å². The van der Waals surface area contributed by atoms with Crippen LogP contribution in [0.15, 0.2) is 24.3 Å². The monoisotopic (exact) mass is 355 g/mol. The molecule has 0 saturated carbocycles. The number of rotatable bonds is 5. The molecule has 7 heteroatoms. The molecule has 3 rings (SSSR count). The van der Waals surface area contributed by atoms with Crippen molar-refractivity contribution in [2.75, 3.05) is 24.7 Å². The van der Waals surface area contributed by atoms with Gasteiger partial charge < -0.3 is 9.64 Å². The Kier molecular flexibility index (Phi) is 5.20. The molecule has 2 fully saturated rings. The summed E-state index contributed by atoms with van der Waals surface area (Å²) >= 11 is 0. The van der Waals surface area contributed by atoms with Gasteiger partial charge >= 0.3 is 0 Å². The van der Waals surface area contributed by atoms with Gasteiger partial charge in [-0.05, 0) is 37.0 Å². The van der Waals surface area contributed by atoms with E-state index in [9.17, 15) is 17.6 Å². The molecular weight excluding hydrogens is 333 g/mol. The lowest BCUT2D eigenvalue weighted by Gasteiger charge is -2.36. The highest BCUT2D eigenvalue weighted by Gasteiger charge is 2.45. The van der Waals surface area contributed by atoms with Gasteiger partial charge in [-0.25, -0.2) is 12.8 Å². The summed E-state index contributed by atoms with van der Waals surface area (Å²) in [7, 11) is -3.11. The second kappa shape index (κ2) is 7.19. The van der Waals surface area contributed by atoms with Gasteiger partial charge in [0.25, 0.3) is 0 Å². The Labute approximate surface area is 141 Å². The van der Waals surface area contributed by atoms with E-state index in [4.69, 9.17) is 4.74 Å². The number of carbonyl (C=O) groups is 1. The topological polar surface area (TPSA) is 63.7 Å². The number of sulfone groups is 1. The molecule has 0 aliphatic carbocycles. The number of hydrogen-bond acceptors (Lipinski definition) is 4. The number of nitrogens with zero attached hydrogens (tertiary/aromatic N) is 1. The Bertz CT molecular complexity index is 689. The smallest absolute Gasteiger partial charge is 0.223 e. The fourth-order valence-electron chi connectivity index (χ4n) is 3.42.